The molecule has 0 aromatic heterocycles. The van der Waals surface area contributed by atoms with Crippen LogP contribution in [0.15, 0.2) is 42.5 Å². The summed E-state index contributed by atoms with van der Waals surface area (Å²) in [5.41, 5.74) is 0.383. The summed E-state index contributed by atoms with van der Waals surface area (Å²) in [6, 6.07) is 11.5. The van der Waals surface area contributed by atoms with Crippen molar-refractivity contribution in [2.75, 3.05) is 28.4 Å². The van der Waals surface area contributed by atoms with Crippen LogP contribution in [0.3, 0.4) is 0 Å². The van der Waals surface area contributed by atoms with Gasteiger partial charge in [-0.1, -0.05) is 25.1 Å². The lowest BCUT2D eigenvalue weighted by Crippen LogP contribution is -2.43. The lowest BCUT2D eigenvalue weighted by molar-refractivity contribution is -0.107. The maximum Gasteiger partial charge on any atom is 0.338 e. The average Bonchev–Trinajstić information content (AvgIpc) is 2.92. The number of ether oxygens (including phenoxy) is 5. The zero-order valence-electron chi connectivity index (χ0n) is 22.2. The Morgan fingerprint density at radius 2 is 1.53 bits per heavy atom. The Balaban J connectivity index is 2.13. The van der Waals surface area contributed by atoms with E-state index in [9.17, 15) is 20.1 Å². The van der Waals surface area contributed by atoms with Crippen molar-refractivity contribution in [1.29, 1.82) is 0 Å². The lowest BCUT2D eigenvalue weighted by Gasteiger charge is -2.41. The highest BCUT2D eigenvalue weighted by molar-refractivity contribution is 5.91. The molecule has 1 aliphatic carbocycles. The van der Waals surface area contributed by atoms with Crippen molar-refractivity contribution in [3.63, 3.8) is 0 Å². The van der Waals surface area contributed by atoms with Gasteiger partial charge in [0.05, 0.1) is 34.0 Å². The van der Waals surface area contributed by atoms with Crippen molar-refractivity contribution < 1.29 is 43.8 Å². The molecule has 3 aromatic carbocycles. The zero-order valence-corrected chi connectivity index (χ0v) is 22.2. The Morgan fingerprint density at radius 1 is 0.895 bits per heavy atom. The SMILES string of the molecule is COc1cc2c(c(OC)c1OC)-c1c(cc(O)c(O)c1OC)C[C@H](C)[C@](C)(O)[C@@H]2OC(=O)c1ccccc1. The van der Waals surface area contributed by atoms with Crippen LogP contribution >= 0.6 is 0 Å². The molecule has 0 radical (unpaired) electrons. The summed E-state index contributed by atoms with van der Waals surface area (Å²) in [5.74, 6) is -1.24. The molecular formula is C29H32O9. The molecule has 0 bridgehead atoms. The summed E-state index contributed by atoms with van der Waals surface area (Å²) in [4.78, 5) is 13.3. The summed E-state index contributed by atoms with van der Waals surface area (Å²) in [7, 11) is 5.71. The predicted molar refractivity (Wildman–Crippen MR) is 140 cm³/mol. The van der Waals surface area contributed by atoms with Gasteiger partial charge in [0.15, 0.2) is 29.1 Å². The highest BCUT2D eigenvalue weighted by Gasteiger charge is 2.46. The summed E-state index contributed by atoms with van der Waals surface area (Å²) >= 11 is 0. The van der Waals surface area contributed by atoms with Gasteiger partial charge >= 0.3 is 5.97 Å². The highest BCUT2D eigenvalue weighted by atomic mass is 16.6. The normalized spacial score (nSPS) is 20.3. The van der Waals surface area contributed by atoms with Crippen LogP contribution in [0.5, 0.6) is 34.5 Å². The minimum absolute atomic E-state index is 0.00588. The third-order valence-electron chi connectivity index (χ3n) is 7.20. The van der Waals surface area contributed by atoms with Crippen LogP contribution in [0.2, 0.25) is 0 Å². The third kappa shape index (κ3) is 4.32. The van der Waals surface area contributed by atoms with Crippen LogP contribution in [0.25, 0.3) is 11.1 Å². The Morgan fingerprint density at radius 3 is 2.11 bits per heavy atom. The second-order valence-electron chi connectivity index (χ2n) is 9.40. The molecule has 0 amide bonds. The van der Waals surface area contributed by atoms with Gasteiger partial charge < -0.3 is 39.0 Å². The molecule has 0 saturated heterocycles. The molecule has 0 unspecified atom stereocenters. The molecule has 0 spiro atoms. The Hall–Kier alpha value is -4.11. The van der Waals surface area contributed by atoms with E-state index in [0.717, 1.165) is 0 Å². The van der Waals surface area contributed by atoms with Crippen LogP contribution in [-0.2, 0) is 11.2 Å². The molecule has 9 nitrogen and oxygen atoms in total. The molecule has 0 aliphatic heterocycles. The number of carbonyl (C=O) groups excluding carboxylic acids is 1. The van der Waals surface area contributed by atoms with Gasteiger partial charge in [0.25, 0.3) is 0 Å². The van der Waals surface area contributed by atoms with Gasteiger partial charge in [-0.2, -0.15) is 0 Å². The largest absolute Gasteiger partial charge is 0.504 e. The zero-order chi connectivity index (χ0) is 27.8. The molecule has 0 heterocycles. The molecule has 202 valence electrons. The molecular weight excluding hydrogens is 492 g/mol. The van der Waals surface area contributed by atoms with Gasteiger partial charge in [-0.15, -0.1) is 0 Å². The van der Waals surface area contributed by atoms with Gasteiger partial charge in [0.2, 0.25) is 11.5 Å². The highest BCUT2D eigenvalue weighted by Crippen LogP contribution is 2.58. The fraction of sp³-hybridized carbons (Fsp3) is 0.345. The van der Waals surface area contributed by atoms with E-state index in [1.807, 2.05) is 6.92 Å². The van der Waals surface area contributed by atoms with Gasteiger partial charge in [-0.3, -0.25) is 0 Å². The number of benzene rings is 3. The number of rotatable bonds is 6. The number of hydrogen-bond acceptors (Lipinski definition) is 9. The van der Waals surface area contributed by atoms with Crippen LogP contribution in [0.1, 0.15) is 41.4 Å². The Kier molecular flexibility index (Phi) is 7.33. The van der Waals surface area contributed by atoms with Gasteiger partial charge in [0.1, 0.15) is 5.60 Å². The Bertz CT molecular complexity index is 1350. The first kappa shape index (κ1) is 26.9. The van der Waals surface area contributed by atoms with E-state index < -0.39 is 29.3 Å². The van der Waals surface area contributed by atoms with Crippen molar-refractivity contribution in [2.24, 2.45) is 5.92 Å². The number of aliphatic hydroxyl groups is 1. The number of phenolic OH excluding ortho intramolecular Hbond substituents is 2. The molecule has 3 atom stereocenters. The van der Waals surface area contributed by atoms with Crippen LogP contribution in [-0.4, -0.2) is 55.3 Å². The number of aromatic hydroxyl groups is 2. The smallest absolute Gasteiger partial charge is 0.338 e. The minimum atomic E-state index is -1.60. The van der Waals surface area contributed by atoms with Crippen molar-refractivity contribution in [2.45, 2.75) is 32.0 Å². The van der Waals surface area contributed by atoms with Crippen molar-refractivity contribution in [3.05, 3.63) is 59.2 Å². The molecule has 38 heavy (non-hydrogen) atoms. The van der Waals surface area contributed by atoms with Crippen molar-refractivity contribution >= 4 is 5.97 Å². The number of methoxy groups -OCH3 is 4. The van der Waals surface area contributed by atoms with Crippen LogP contribution in [0.4, 0.5) is 0 Å². The van der Waals surface area contributed by atoms with Gasteiger partial charge in [-0.05, 0) is 49.1 Å². The molecule has 3 N–H and O–H groups in total. The summed E-state index contributed by atoms with van der Waals surface area (Å²) in [5, 5.41) is 33.2. The fourth-order valence-corrected chi connectivity index (χ4v) is 5.00. The van der Waals surface area contributed by atoms with Gasteiger partial charge in [0, 0.05) is 16.7 Å². The quantitative estimate of drug-likeness (QED) is 0.312. The van der Waals surface area contributed by atoms with Crippen molar-refractivity contribution in [1.82, 2.24) is 0 Å². The van der Waals surface area contributed by atoms with E-state index in [-0.39, 0.29) is 35.2 Å². The molecule has 4 rings (SSSR count). The number of fused-ring (bicyclic) bond motifs is 3. The topological polar surface area (TPSA) is 124 Å². The Labute approximate surface area is 221 Å². The second-order valence-corrected chi connectivity index (χ2v) is 9.40. The third-order valence-corrected chi connectivity index (χ3v) is 7.20. The number of hydrogen-bond donors (Lipinski definition) is 3. The average molecular weight is 525 g/mol. The second kappa shape index (κ2) is 10.3. The number of esters is 1. The van der Waals surface area contributed by atoms with E-state index in [1.54, 1.807) is 43.3 Å². The fourth-order valence-electron chi connectivity index (χ4n) is 5.00. The van der Waals surface area contributed by atoms with Crippen molar-refractivity contribution in [3.8, 4) is 45.6 Å². The van der Waals surface area contributed by atoms with E-state index in [0.29, 0.717) is 27.8 Å². The molecule has 1 aliphatic rings. The standard InChI is InChI=1S/C29H32O9/c1-15-12-17-13-19(30)23(31)25(36-5)21(17)22-18(14-20(34-3)24(35-4)26(22)37-6)27(29(15,2)33)38-28(32)16-10-8-7-9-11-16/h7-11,13-15,27,30-31,33H,12H2,1-6H3/t15-,27+,29-/m0/s1. The molecule has 0 fully saturated rings. The first-order chi connectivity index (χ1) is 18.1. The molecule has 3 aromatic rings. The molecule has 9 heteroatoms. The van der Waals surface area contributed by atoms with E-state index in [2.05, 4.69) is 0 Å². The van der Waals surface area contributed by atoms with E-state index in [1.165, 1.54) is 34.5 Å². The van der Waals surface area contributed by atoms with E-state index in [4.69, 9.17) is 23.7 Å². The van der Waals surface area contributed by atoms with E-state index >= 15 is 0 Å². The maximum absolute atomic E-state index is 13.3. The maximum atomic E-state index is 13.3. The lowest BCUT2D eigenvalue weighted by atomic mass is 9.73. The monoisotopic (exact) mass is 524 g/mol. The summed E-state index contributed by atoms with van der Waals surface area (Å²) < 4.78 is 28.6. The summed E-state index contributed by atoms with van der Waals surface area (Å²) in [6.45, 7) is 3.41. The minimum Gasteiger partial charge on any atom is -0.504 e. The first-order valence-corrected chi connectivity index (χ1v) is 12.0. The number of phenols is 2. The first-order valence-electron chi connectivity index (χ1n) is 12.0. The summed E-state index contributed by atoms with van der Waals surface area (Å²) in [6.07, 6.45) is -0.967. The molecule has 0 saturated carbocycles. The van der Waals surface area contributed by atoms with Gasteiger partial charge in [-0.25, -0.2) is 4.79 Å². The number of carbonyl (C=O) groups is 1. The predicted octanol–water partition coefficient (Wildman–Crippen LogP) is 4.64. The van der Waals surface area contributed by atoms with Crippen LogP contribution in [0, 0.1) is 5.92 Å². The van der Waals surface area contributed by atoms with Crippen LogP contribution < -0.4 is 18.9 Å².